The molecule has 0 atom stereocenters. The summed E-state index contributed by atoms with van der Waals surface area (Å²) in [5, 5.41) is 2.69. The lowest BCUT2D eigenvalue weighted by Gasteiger charge is -2.18. The Bertz CT molecular complexity index is 712. The molecule has 0 spiro atoms. The lowest BCUT2D eigenvalue weighted by molar-refractivity contribution is 0.0602. The molecule has 24 heavy (non-hydrogen) atoms. The van der Waals surface area contributed by atoms with Crippen molar-refractivity contribution in [3.8, 4) is 0 Å². The molecule has 1 aromatic heterocycles. The minimum absolute atomic E-state index is 0.286. The van der Waals surface area contributed by atoms with Crippen molar-refractivity contribution in [1.29, 1.82) is 0 Å². The maximum atomic E-state index is 12.3. The molecule has 0 aliphatic carbocycles. The minimum atomic E-state index is -0.515. The van der Waals surface area contributed by atoms with E-state index in [1.165, 1.54) is 19.5 Å². The molecule has 0 saturated heterocycles. The molecular weight excluding hydrogens is 308 g/mol. The Morgan fingerprint density at radius 3 is 2.33 bits per heavy atom. The van der Waals surface area contributed by atoms with Crippen LogP contribution in [-0.2, 0) is 4.74 Å². The van der Waals surface area contributed by atoms with Crippen molar-refractivity contribution in [1.82, 2.24) is 9.97 Å². The molecule has 1 N–H and O–H groups in total. The van der Waals surface area contributed by atoms with Gasteiger partial charge < -0.3 is 15.0 Å². The van der Waals surface area contributed by atoms with Crippen LogP contribution in [0.3, 0.4) is 0 Å². The number of esters is 1. The first-order valence-corrected chi connectivity index (χ1v) is 7.66. The van der Waals surface area contributed by atoms with E-state index in [1.807, 2.05) is 18.7 Å². The van der Waals surface area contributed by atoms with Gasteiger partial charge in [0.2, 0.25) is 5.95 Å². The van der Waals surface area contributed by atoms with Crippen LogP contribution in [0.4, 0.5) is 11.6 Å². The number of rotatable bonds is 6. The SMILES string of the molecule is CCN(CC)c1ncc(C(=O)Nc2ccccc2C(=O)OC)cn1. The Hall–Kier alpha value is -2.96. The fourth-order valence-electron chi connectivity index (χ4n) is 2.18. The Labute approximate surface area is 140 Å². The van der Waals surface area contributed by atoms with Crippen LogP contribution in [0.2, 0.25) is 0 Å². The molecule has 7 heteroatoms. The van der Waals surface area contributed by atoms with Gasteiger partial charge in [-0.15, -0.1) is 0 Å². The lowest BCUT2D eigenvalue weighted by Crippen LogP contribution is -2.24. The van der Waals surface area contributed by atoms with Gasteiger partial charge in [-0.2, -0.15) is 0 Å². The molecule has 7 nitrogen and oxygen atoms in total. The summed E-state index contributed by atoms with van der Waals surface area (Å²) in [4.78, 5) is 34.5. The zero-order chi connectivity index (χ0) is 17.5. The van der Waals surface area contributed by atoms with Crippen LogP contribution in [0.1, 0.15) is 34.6 Å². The second-order valence-corrected chi connectivity index (χ2v) is 4.94. The van der Waals surface area contributed by atoms with Gasteiger partial charge in [-0.1, -0.05) is 12.1 Å². The Morgan fingerprint density at radius 1 is 1.12 bits per heavy atom. The monoisotopic (exact) mass is 328 g/mol. The normalized spacial score (nSPS) is 10.1. The van der Waals surface area contributed by atoms with Crippen LogP contribution in [0.15, 0.2) is 36.7 Å². The number of carbonyl (C=O) groups excluding carboxylic acids is 2. The van der Waals surface area contributed by atoms with Gasteiger partial charge in [-0.05, 0) is 26.0 Å². The topological polar surface area (TPSA) is 84.4 Å². The summed E-state index contributed by atoms with van der Waals surface area (Å²) in [5.74, 6) is -0.331. The zero-order valence-electron chi connectivity index (χ0n) is 13.9. The highest BCUT2D eigenvalue weighted by molar-refractivity contribution is 6.07. The summed E-state index contributed by atoms with van der Waals surface area (Å²) in [7, 11) is 1.29. The number of carbonyl (C=O) groups is 2. The number of benzene rings is 1. The van der Waals surface area contributed by atoms with E-state index in [9.17, 15) is 9.59 Å². The van der Waals surface area contributed by atoms with Gasteiger partial charge >= 0.3 is 5.97 Å². The number of ether oxygens (including phenoxy) is 1. The number of hydrogen-bond donors (Lipinski definition) is 1. The third-order valence-electron chi connectivity index (χ3n) is 3.53. The summed E-state index contributed by atoms with van der Waals surface area (Å²) < 4.78 is 4.71. The number of aromatic nitrogens is 2. The molecule has 1 aromatic carbocycles. The second-order valence-electron chi connectivity index (χ2n) is 4.94. The van der Waals surface area contributed by atoms with Gasteiger partial charge in [-0.3, -0.25) is 4.79 Å². The van der Waals surface area contributed by atoms with Gasteiger partial charge in [-0.25, -0.2) is 14.8 Å². The highest BCUT2D eigenvalue weighted by atomic mass is 16.5. The second kappa shape index (κ2) is 8.05. The molecule has 0 radical (unpaired) electrons. The van der Waals surface area contributed by atoms with E-state index >= 15 is 0 Å². The Kier molecular flexibility index (Phi) is 5.83. The zero-order valence-corrected chi connectivity index (χ0v) is 13.9. The molecule has 1 amide bonds. The van der Waals surface area contributed by atoms with Crippen molar-refractivity contribution in [2.24, 2.45) is 0 Å². The number of anilines is 2. The van der Waals surface area contributed by atoms with E-state index < -0.39 is 11.9 Å². The third-order valence-corrected chi connectivity index (χ3v) is 3.53. The summed E-state index contributed by atoms with van der Waals surface area (Å²) >= 11 is 0. The number of nitrogens with one attached hydrogen (secondary N) is 1. The average Bonchev–Trinajstić information content (AvgIpc) is 2.63. The molecule has 0 unspecified atom stereocenters. The van der Waals surface area contributed by atoms with Gasteiger partial charge in [0.25, 0.3) is 5.91 Å². The maximum absolute atomic E-state index is 12.3. The summed E-state index contributed by atoms with van der Waals surface area (Å²) in [6, 6.07) is 6.64. The van der Waals surface area contributed by atoms with E-state index in [2.05, 4.69) is 15.3 Å². The fraction of sp³-hybridized carbons (Fsp3) is 0.294. The number of nitrogens with zero attached hydrogens (tertiary/aromatic N) is 3. The highest BCUT2D eigenvalue weighted by Gasteiger charge is 2.15. The van der Waals surface area contributed by atoms with Crippen molar-refractivity contribution in [3.63, 3.8) is 0 Å². The van der Waals surface area contributed by atoms with Crippen LogP contribution in [-0.4, -0.2) is 42.0 Å². The number of amides is 1. The Morgan fingerprint density at radius 2 is 1.75 bits per heavy atom. The largest absolute Gasteiger partial charge is 0.465 e. The number of hydrogen-bond acceptors (Lipinski definition) is 6. The van der Waals surface area contributed by atoms with Crippen LogP contribution < -0.4 is 10.2 Å². The van der Waals surface area contributed by atoms with Gasteiger partial charge in [0.1, 0.15) is 0 Å². The van der Waals surface area contributed by atoms with E-state index in [-0.39, 0.29) is 5.56 Å². The van der Waals surface area contributed by atoms with E-state index in [0.717, 1.165) is 13.1 Å². The molecule has 1 heterocycles. The highest BCUT2D eigenvalue weighted by Crippen LogP contribution is 2.17. The predicted octanol–water partition coefficient (Wildman–Crippen LogP) is 2.36. The van der Waals surface area contributed by atoms with Crippen molar-refractivity contribution in [2.75, 3.05) is 30.4 Å². The third kappa shape index (κ3) is 3.87. The average molecular weight is 328 g/mol. The fourth-order valence-corrected chi connectivity index (χ4v) is 2.18. The van der Waals surface area contributed by atoms with Crippen molar-refractivity contribution in [3.05, 3.63) is 47.8 Å². The van der Waals surface area contributed by atoms with Crippen LogP contribution in [0, 0.1) is 0 Å². The quantitative estimate of drug-likeness (QED) is 0.820. The predicted molar refractivity (Wildman–Crippen MR) is 91.3 cm³/mol. The molecule has 0 aliphatic rings. The number of para-hydroxylation sites is 1. The van der Waals surface area contributed by atoms with Crippen LogP contribution in [0.25, 0.3) is 0 Å². The number of methoxy groups -OCH3 is 1. The van der Waals surface area contributed by atoms with Crippen LogP contribution in [0.5, 0.6) is 0 Å². The van der Waals surface area contributed by atoms with Gasteiger partial charge in [0, 0.05) is 25.5 Å². The Balaban J connectivity index is 2.17. The smallest absolute Gasteiger partial charge is 0.339 e. The van der Waals surface area contributed by atoms with Crippen molar-refractivity contribution < 1.29 is 14.3 Å². The molecule has 0 saturated carbocycles. The first kappa shape index (κ1) is 17.4. The molecule has 0 fully saturated rings. The summed E-state index contributed by atoms with van der Waals surface area (Å²) in [6.45, 7) is 5.59. The molecule has 2 rings (SSSR count). The van der Waals surface area contributed by atoms with Crippen molar-refractivity contribution in [2.45, 2.75) is 13.8 Å². The van der Waals surface area contributed by atoms with Crippen LogP contribution >= 0.6 is 0 Å². The first-order valence-electron chi connectivity index (χ1n) is 7.66. The van der Waals surface area contributed by atoms with Gasteiger partial charge in [0.15, 0.2) is 0 Å². The standard InChI is InChI=1S/C17H20N4O3/c1-4-21(5-2)17-18-10-12(11-19-17)15(22)20-14-9-7-6-8-13(14)16(23)24-3/h6-11H,4-5H2,1-3H3,(H,20,22). The molecule has 2 aromatic rings. The molecule has 126 valence electrons. The first-order chi connectivity index (χ1) is 11.6. The molecule has 0 bridgehead atoms. The van der Waals surface area contributed by atoms with E-state index in [0.29, 0.717) is 17.2 Å². The summed E-state index contributed by atoms with van der Waals surface area (Å²) in [6.07, 6.45) is 2.94. The van der Waals surface area contributed by atoms with E-state index in [1.54, 1.807) is 24.3 Å². The maximum Gasteiger partial charge on any atom is 0.339 e. The van der Waals surface area contributed by atoms with Gasteiger partial charge in [0.05, 0.1) is 23.9 Å². The molecule has 0 aliphatic heterocycles. The lowest BCUT2D eigenvalue weighted by atomic mass is 10.1. The summed E-state index contributed by atoms with van der Waals surface area (Å²) in [5.41, 5.74) is 0.974. The van der Waals surface area contributed by atoms with E-state index in [4.69, 9.17) is 4.74 Å². The van der Waals surface area contributed by atoms with Crippen molar-refractivity contribution >= 4 is 23.5 Å². The minimum Gasteiger partial charge on any atom is -0.465 e. The molecular formula is C17H20N4O3.